The van der Waals surface area contributed by atoms with Gasteiger partial charge in [0.25, 0.3) is 0 Å². The zero-order valence-electron chi connectivity index (χ0n) is 11.4. The number of hydrogen-bond acceptors (Lipinski definition) is 4. The molecule has 0 atom stereocenters. The van der Waals surface area contributed by atoms with Crippen LogP contribution >= 0.6 is 0 Å². The van der Waals surface area contributed by atoms with Gasteiger partial charge < -0.3 is 14.8 Å². The van der Waals surface area contributed by atoms with Crippen LogP contribution in [0.2, 0.25) is 0 Å². The van der Waals surface area contributed by atoms with Gasteiger partial charge in [-0.3, -0.25) is 0 Å². The molecule has 0 saturated carbocycles. The van der Waals surface area contributed by atoms with Gasteiger partial charge in [-0.15, -0.1) is 0 Å². The molecule has 0 saturated heterocycles. The van der Waals surface area contributed by atoms with Crippen molar-refractivity contribution in [2.24, 2.45) is 0 Å². The number of nitrogens with zero attached hydrogens (tertiary/aromatic N) is 1. The van der Waals surface area contributed by atoms with Gasteiger partial charge in [0.05, 0.1) is 32.1 Å². The van der Waals surface area contributed by atoms with E-state index in [2.05, 4.69) is 10.3 Å². The molecule has 0 spiro atoms. The van der Waals surface area contributed by atoms with E-state index in [1.807, 2.05) is 43.3 Å². The van der Waals surface area contributed by atoms with Gasteiger partial charge in [0.2, 0.25) is 5.88 Å². The van der Waals surface area contributed by atoms with Gasteiger partial charge in [0, 0.05) is 6.07 Å². The maximum atomic E-state index is 5.35. The molecule has 100 valence electrons. The molecular formula is C15H18N2O2. The first-order valence-electron chi connectivity index (χ1n) is 6.11. The lowest BCUT2D eigenvalue weighted by atomic mass is 10.2. The molecule has 2 rings (SSSR count). The minimum atomic E-state index is 0.621. The van der Waals surface area contributed by atoms with Crippen LogP contribution in [0.15, 0.2) is 36.4 Å². The van der Waals surface area contributed by atoms with Crippen LogP contribution in [-0.2, 0) is 6.54 Å². The second-order valence-electron chi connectivity index (χ2n) is 4.23. The van der Waals surface area contributed by atoms with E-state index in [-0.39, 0.29) is 0 Å². The first-order chi connectivity index (χ1) is 9.22. The van der Waals surface area contributed by atoms with Crippen molar-refractivity contribution in [3.63, 3.8) is 0 Å². The molecule has 0 bridgehead atoms. The highest BCUT2D eigenvalue weighted by atomic mass is 16.5. The molecule has 1 aromatic heterocycles. The third kappa shape index (κ3) is 3.37. The van der Waals surface area contributed by atoms with E-state index in [0.717, 1.165) is 17.1 Å². The topological polar surface area (TPSA) is 43.4 Å². The number of benzene rings is 1. The third-order valence-corrected chi connectivity index (χ3v) is 2.81. The summed E-state index contributed by atoms with van der Waals surface area (Å²) in [5, 5.41) is 3.32. The number of aromatic nitrogens is 1. The SMILES string of the molecule is COc1cccc(CNc2ccc(C)cc2OC)n1. The van der Waals surface area contributed by atoms with E-state index >= 15 is 0 Å². The van der Waals surface area contributed by atoms with E-state index in [4.69, 9.17) is 9.47 Å². The largest absolute Gasteiger partial charge is 0.495 e. The molecule has 1 aromatic carbocycles. The zero-order chi connectivity index (χ0) is 13.7. The first-order valence-corrected chi connectivity index (χ1v) is 6.11. The summed E-state index contributed by atoms with van der Waals surface area (Å²) in [6.07, 6.45) is 0. The van der Waals surface area contributed by atoms with Gasteiger partial charge in [-0.05, 0) is 30.7 Å². The van der Waals surface area contributed by atoms with Gasteiger partial charge in [0.15, 0.2) is 0 Å². The number of pyridine rings is 1. The normalized spacial score (nSPS) is 10.1. The van der Waals surface area contributed by atoms with Crippen molar-refractivity contribution in [1.82, 2.24) is 4.98 Å². The Bertz CT molecular complexity index is 556. The molecule has 0 aliphatic rings. The maximum absolute atomic E-state index is 5.35. The first kappa shape index (κ1) is 13.2. The highest BCUT2D eigenvalue weighted by molar-refractivity contribution is 5.57. The van der Waals surface area contributed by atoms with E-state index in [1.165, 1.54) is 5.56 Å². The lowest BCUT2D eigenvalue weighted by Gasteiger charge is -2.12. The number of anilines is 1. The molecule has 0 unspecified atom stereocenters. The third-order valence-electron chi connectivity index (χ3n) is 2.81. The van der Waals surface area contributed by atoms with E-state index in [1.54, 1.807) is 14.2 Å². The van der Waals surface area contributed by atoms with Crippen LogP contribution in [-0.4, -0.2) is 19.2 Å². The van der Waals surface area contributed by atoms with Crippen LogP contribution in [0.1, 0.15) is 11.3 Å². The predicted molar refractivity (Wildman–Crippen MR) is 75.8 cm³/mol. The molecule has 4 nitrogen and oxygen atoms in total. The van der Waals surface area contributed by atoms with Gasteiger partial charge >= 0.3 is 0 Å². The molecule has 0 fully saturated rings. The molecular weight excluding hydrogens is 240 g/mol. The number of rotatable bonds is 5. The van der Waals surface area contributed by atoms with Gasteiger partial charge in [-0.2, -0.15) is 0 Å². The van der Waals surface area contributed by atoms with Crippen molar-refractivity contribution >= 4 is 5.69 Å². The van der Waals surface area contributed by atoms with Crippen LogP contribution in [0.3, 0.4) is 0 Å². The predicted octanol–water partition coefficient (Wildman–Crippen LogP) is 3.02. The Balaban J connectivity index is 2.09. The standard InChI is InChI=1S/C15H18N2O2/c1-11-7-8-13(14(9-11)18-2)16-10-12-5-4-6-15(17-12)19-3/h4-9,16H,10H2,1-3H3. The van der Waals surface area contributed by atoms with Crippen molar-refractivity contribution in [3.05, 3.63) is 47.7 Å². The van der Waals surface area contributed by atoms with Crippen molar-refractivity contribution in [3.8, 4) is 11.6 Å². The van der Waals surface area contributed by atoms with E-state index in [9.17, 15) is 0 Å². The van der Waals surface area contributed by atoms with Crippen LogP contribution in [0.25, 0.3) is 0 Å². The fourth-order valence-corrected chi connectivity index (χ4v) is 1.80. The summed E-state index contributed by atoms with van der Waals surface area (Å²) in [4.78, 5) is 4.35. The summed E-state index contributed by atoms with van der Waals surface area (Å²) in [5.41, 5.74) is 3.04. The number of aryl methyl sites for hydroxylation is 1. The average molecular weight is 258 g/mol. The quantitative estimate of drug-likeness (QED) is 0.895. The minimum absolute atomic E-state index is 0.621. The molecule has 0 amide bonds. The van der Waals surface area contributed by atoms with Crippen molar-refractivity contribution in [2.75, 3.05) is 19.5 Å². The molecule has 4 heteroatoms. The Hall–Kier alpha value is -2.23. The Labute approximate surface area is 113 Å². The molecule has 19 heavy (non-hydrogen) atoms. The van der Waals surface area contributed by atoms with Crippen LogP contribution in [0.5, 0.6) is 11.6 Å². The van der Waals surface area contributed by atoms with Crippen LogP contribution in [0.4, 0.5) is 5.69 Å². The highest BCUT2D eigenvalue weighted by Crippen LogP contribution is 2.25. The summed E-state index contributed by atoms with van der Waals surface area (Å²) >= 11 is 0. The van der Waals surface area contributed by atoms with E-state index < -0.39 is 0 Å². The second-order valence-corrected chi connectivity index (χ2v) is 4.23. The summed E-state index contributed by atoms with van der Waals surface area (Å²) in [5.74, 6) is 1.46. The summed E-state index contributed by atoms with van der Waals surface area (Å²) in [6.45, 7) is 2.66. The average Bonchev–Trinajstić information content (AvgIpc) is 2.46. The van der Waals surface area contributed by atoms with Crippen molar-refractivity contribution < 1.29 is 9.47 Å². The van der Waals surface area contributed by atoms with Gasteiger partial charge in [-0.25, -0.2) is 4.98 Å². The maximum Gasteiger partial charge on any atom is 0.213 e. The molecule has 0 radical (unpaired) electrons. The molecule has 1 N–H and O–H groups in total. The Morgan fingerprint density at radius 2 is 1.95 bits per heavy atom. The van der Waals surface area contributed by atoms with Crippen molar-refractivity contribution in [1.29, 1.82) is 0 Å². The van der Waals surface area contributed by atoms with Crippen LogP contribution < -0.4 is 14.8 Å². The second kappa shape index (κ2) is 6.09. The van der Waals surface area contributed by atoms with Gasteiger partial charge in [0.1, 0.15) is 5.75 Å². The fourth-order valence-electron chi connectivity index (χ4n) is 1.80. The number of methoxy groups -OCH3 is 2. The molecule has 0 aliphatic heterocycles. The summed E-state index contributed by atoms with van der Waals surface area (Å²) < 4.78 is 10.5. The minimum Gasteiger partial charge on any atom is -0.495 e. The summed E-state index contributed by atoms with van der Waals surface area (Å²) in [6, 6.07) is 11.8. The Morgan fingerprint density at radius 1 is 1.11 bits per heavy atom. The number of hydrogen-bond donors (Lipinski definition) is 1. The van der Waals surface area contributed by atoms with Crippen molar-refractivity contribution in [2.45, 2.75) is 13.5 Å². The van der Waals surface area contributed by atoms with Crippen LogP contribution in [0, 0.1) is 6.92 Å². The lowest BCUT2D eigenvalue weighted by Crippen LogP contribution is -2.03. The lowest BCUT2D eigenvalue weighted by molar-refractivity contribution is 0.396. The monoisotopic (exact) mass is 258 g/mol. The number of ether oxygens (including phenoxy) is 2. The summed E-state index contributed by atoms with van der Waals surface area (Å²) in [7, 11) is 3.28. The Kier molecular flexibility index (Phi) is 4.23. The molecule has 1 heterocycles. The number of nitrogens with one attached hydrogen (secondary N) is 1. The zero-order valence-corrected chi connectivity index (χ0v) is 11.4. The van der Waals surface area contributed by atoms with Gasteiger partial charge in [-0.1, -0.05) is 12.1 Å². The fraction of sp³-hybridized carbons (Fsp3) is 0.267. The van der Waals surface area contributed by atoms with E-state index in [0.29, 0.717) is 12.4 Å². The molecule has 0 aliphatic carbocycles. The Morgan fingerprint density at radius 3 is 2.68 bits per heavy atom. The molecule has 2 aromatic rings. The smallest absolute Gasteiger partial charge is 0.213 e. The highest BCUT2D eigenvalue weighted by Gasteiger charge is 2.03.